The van der Waals surface area contributed by atoms with Gasteiger partial charge in [0.05, 0.1) is 0 Å². The molecule has 1 unspecified atom stereocenters. The largest absolute Gasteiger partial charge is 0.103 e. The van der Waals surface area contributed by atoms with E-state index in [2.05, 4.69) is 32.6 Å². The van der Waals surface area contributed by atoms with Crippen molar-refractivity contribution in [3.05, 3.63) is 24.8 Å². The molecule has 0 radical (unpaired) electrons. The second kappa shape index (κ2) is 5.61. The number of hydrogen-bond donors (Lipinski definition) is 0. The lowest BCUT2D eigenvalue weighted by atomic mass is 10.0. The molecule has 0 aromatic carbocycles. The van der Waals surface area contributed by atoms with E-state index in [1.54, 1.807) is 0 Å². The Kier molecular flexibility index (Phi) is 5.29. The summed E-state index contributed by atoms with van der Waals surface area (Å²) in [6, 6.07) is 0. The van der Waals surface area contributed by atoms with Crippen molar-refractivity contribution in [1.29, 1.82) is 0 Å². The quantitative estimate of drug-likeness (QED) is 0.505. The van der Waals surface area contributed by atoms with Crippen molar-refractivity contribution in [3.8, 4) is 0 Å². The summed E-state index contributed by atoms with van der Waals surface area (Å²) in [5.74, 6) is 0.715. The minimum Gasteiger partial charge on any atom is -0.103 e. The van der Waals surface area contributed by atoms with Crippen molar-refractivity contribution < 1.29 is 0 Å². The maximum absolute atomic E-state index is 3.70. The molecule has 0 nitrogen and oxygen atoms in total. The highest BCUT2D eigenvalue weighted by molar-refractivity contribution is 4.88. The van der Waals surface area contributed by atoms with Gasteiger partial charge in [-0.25, -0.2) is 0 Å². The summed E-state index contributed by atoms with van der Waals surface area (Å²) in [4.78, 5) is 0. The van der Waals surface area contributed by atoms with Crippen molar-refractivity contribution in [2.24, 2.45) is 5.92 Å². The molecule has 0 saturated carbocycles. The van der Waals surface area contributed by atoms with Crippen LogP contribution in [0.3, 0.4) is 0 Å². The van der Waals surface area contributed by atoms with Gasteiger partial charge in [-0.3, -0.25) is 0 Å². The smallest absolute Gasteiger partial charge is 0.0202 e. The molecule has 0 aliphatic rings. The predicted octanol–water partition coefficient (Wildman–Crippen LogP) is 3.16. The Morgan fingerprint density at radius 1 is 1.56 bits per heavy atom. The first-order chi connectivity index (χ1) is 4.35. The van der Waals surface area contributed by atoms with E-state index < -0.39 is 0 Å². The molecule has 9 heavy (non-hydrogen) atoms. The molecular formula is C9H16. The highest BCUT2D eigenvalue weighted by atomic mass is 14.0. The first-order valence-corrected chi connectivity index (χ1v) is 3.58. The zero-order valence-electron chi connectivity index (χ0n) is 6.43. The number of rotatable bonds is 4. The van der Waals surface area contributed by atoms with Crippen LogP contribution in [-0.2, 0) is 0 Å². The van der Waals surface area contributed by atoms with E-state index in [4.69, 9.17) is 0 Å². The minimum absolute atomic E-state index is 0.715. The standard InChI is InChI=1S/C9H16/c1-4-7-9(6-3)8-5-2/h4-5,8-9H,1,6-7H2,2-3H3/b8-5-. The molecule has 0 amide bonds. The van der Waals surface area contributed by atoms with E-state index in [1.165, 1.54) is 6.42 Å². The van der Waals surface area contributed by atoms with Gasteiger partial charge in [0.15, 0.2) is 0 Å². The molecule has 0 heterocycles. The lowest BCUT2D eigenvalue weighted by Crippen LogP contribution is -1.89. The van der Waals surface area contributed by atoms with Gasteiger partial charge < -0.3 is 0 Å². The Hall–Kier alpha value is -0.520. The predicted molar refractivity (Wildman–Crippen MR) is 43.4 cm³/mol. The summed E-state index contributed by atoms with van der Waals surface area (Å²) in [5, 5.41) is 0. The van der Waals surface area contributed by atoms with E-state index in [-0.39, 0.29) is 0 Å². The van der Waals surface area contributed by atoms with Crippen molar-refractivity contribution >= 4 is 0 Å². The second-order valence-electron chi connectivity index (χ2n) is 2.22. The SMILES string of the molecule is C=CCC(/C=C\C)CC. The van der Waals surface area contributed by atoms with Gasteiger partial charge >= 0.3 is 0 Å². The maximum Gasteiger partial charge on any atom is -0.0202 e. The molecule has 0 heteroatoms. The third-order valence-electron chi connectivity index (χ3n) is 1.46. The molecule has 0 aromatic heterocycles. The number of hydrogen-bond acceptors (Lipinski definition) is 0. The Labute approximate surface area is 58.3 Å². The van der Waals surface area contributed by atoms with Crippen LogP contribution < -0.4 is 0 Å². The zero-order chi connectivity index (χ0) is 7.11. The van der Waals surface area contributed by atoms with Crippen LogP contribution in [-0.4, -0.2) is 0 Å². The lowest BCUT2D eigenvalue weighted by Gasteiger charge is -2.03. The average molecular weight is 124 g/mol. The van der Waals surface area contributed by atoms with Gasteiger partial charge in [0.2, 0.25) is 0 Å². The van der Waals surface area contributed by atoms with Crippen molar-refractivity contribution in [1.82, 2.24) is 0 Å². The molecule has 0 bridgehead atoms. The Balaban J connectivity index is 3.53. The van der Waals surface area contributed by atoms with E-state index in [9.17, 15) is 0 Å². The molecule has 0 aliphatic heterocycles. The van der Waals surface area contributed by atoms with Gasteiger partial charge in [0.1, 0.15) is 0 Å². The molecule has 0 aliphatic carbocycles. The van der Waals surface area contributed by atoms with Gasteiger partial charge in [-0.05, 0) is 25.7 Å². The lowest BCUT2D eigenvalue weighted by molar-refractivity contribution is 0.638. The van der Waals surface area contributed by atoms with Gasteiger partial charge in [-0.1, -0.05) is 25.2 Å². The Bertz CT molecular complexity index is 90.2. The van der Waals surface area contributed by atoms with Crippen molar-refractivity contribution in [2.75, 3.05) is 0 Å². The average Bonchev–Trinajstić information content (AvgIpc) is 1.88. The van der Waals surface area contributed by atoms with E-state index >= 15 is 0 Å². The van der Waals surface area contributed by atoms with Gasteiger partial charge in [0.25, 0.3) is 0 Å². The minimum atomic E-state index is 0.715. The molecule has 0 fully saturated rings. The molecular weight excluding hydrogens is 108 g/mol. The van der Waals surface area contributed by atoms with E-state index in [0.29, 0.717) is 5.92 Å². The fraction of sp³-hybridized carbons (Fsp3) is 0.556. The molecule has 0 aromatic rings. The fourth-order valence-corrected chi connectivity index (χ4v) is 0.868. The Morgan fingerprint density at radius 3 is 2.56 bits per heavy atom. The van der Waals surface area contributed by atoms with Crippen LogP contribution >= 0.6 is 0 Å². The maximum atomic E-state index is 3.70. The molecule has 52 valence electrons. The highest BCUT2D eigenvalue weighted by Gasteiger charge is 1.95. The first kappa shape index (κ1) is 8.48. The van der Waals surface area contributed by atoms with Gasteiger partial charge in [-0.2, -0.15) is 0 Å². The third-order valence-corrected chi connectivity index (χ3v) is 1.46. The summed E-state index contributed by atoms with van der Waals surface area (Å²) in [7, 11) is 0. The monoisotopic (exact) mass is 124 g/mol. The first-order valence-electron chi connectivity index (χ1n) is 3.58. The highest BCUT2D eigenvalue weighted by Crippen LogP contribution is 2.09. The van der Waals surface area contributed by atoms with Crippen LogP contribution in [0.5, 0.6) is 0 Å². The molecule has 0 spiro atoms. The van der Waals surface area contributed by atoms with Crippen molar-refractivity contribution in [2.45, 2.75) is 26.7 Å². The van der Waals surface area contributed by atoms with Crippen LogP contribution in [0.1, 0.15) is 26.7 Å². The van der Waals surface area contributed by atoms with Crippen LogP contribution in [0.25, 0.3) is 0 Å². The fourth-order valence-electron chi connectivity index (χ4n) is 0.868. The summed E-state index contributed by atoms with van der Waals surface area (Å²) in [6.07, 6.45) is 8.66. The van der Waals surface area contributed by atoms with Gasteiger partial charge in [0, 0.05) is 0 Å². The summed E-state index contributed by atoms with van der Waals surface area (Å²) in [5.41, 5.74) is 0. The molecule has 0 saturated heterocycles. The molecule has 1 atom stereocenters. The summed E-state index contributed by atoms with van der Waals surface area (Å²) in [6.45, 7) is 7.96. The van der Waals surface area contributed by atoms with Crippen LogP contribution in [0.15, 0.2) is 24.8 Å². The van der Waals surface area contributed by atoms with Gasteiger partial charge in [-0.15, -0.1) is 6.58 Å². The van der Waals surface area contributed by atoms with E-state index in [1.807, 2.05) is 6.08 Å². The van der Waals surface area contributed by atoms with Crippen LogP contribution in [0.2, 0.25) is 0 Å². The van der Waals surface area contributed by atoms with Crippen LogP contribution in [0.4, 0.5) is 0 Å². The molecule has 0 rings (SSSR count). The topological polar surface area (TPSA) is 0 Å². The summed E-state index contributed by atoms with van der Waals surface area (Å²) < 4.78 is 0. The van der Waals surface area contributed by atoms with Crippen LogP contribution in [0, 0.1) is 5.92 Å². The Morgan fingerprint density at radius 2 is 2.22 bits per heavy atom. The zero-order valence-corrected chi connectivity index (χ0v) is 6.43. The molecule has 0 N–H and O–H groups in total. The third kappa shape index (κ3) is 4.01. The second-order valence-corrected chi connectivity index (χ2v) is 2.22. The normalized spacial score (nSPS) is 14.0. The summed E-state index contributed by atoms with van der Waals surface area (Å²) >= 11 is 0. The van der Waals surface area contributed by atoms with E-state index in [0.717, 1.165) is 6.42 Å². The van der Waals surface area contributed by atoms with Crippen molar-refractivity contribution in [3.63, 3.8) is 0 Å². The number of allylic oxidation sites excluding steroid dienone is 3.